The van der Waals surface area contributed by atoms with Gasteiger partial charge in [-0.2, -0.15) is 0 Å². The van der Waals surface area contributed by atoms with Crippen LogP contribution < -0.4 is 10.6 Å². The van der Waals surface area contributed by atoms with Gasteiger partial charge in [-0.15, -0.1) is 12.4 Å². The maximum atomic E-state index is 12.8. The summed E-state index contributed by atoms with van der Waals surface area (Å²) in [5, 5.41) is 0. The van der Waals surface area contributed by atoms with Crippen LogP contribution in [0.25, 0.3) is 0 Å². The second-order valence-corrected chi connectivity index (χ2v) is 7.48. The SMILES string of the molecule is CC1CC(CN)CN1C(=O)C1CC(=O)N(c2cccc(Br)c2)C1.Cl. The van der Waals surface area contributed by atoms with Gasteiger partial charge in [0.25, 0.3) is 0 Å². The van der Waals surface area contributed by atoms with Crippen molar-refractivity contribution < 1.29 is 9.59 Å². The number of carbonyl (C=O) groups is 2. The molecule has 7 heteroatoms. The number of hydrogen-bond donors (Lipinski definition) is 1. The summed E-state index contributed by atoms with van der Waals surface area (Å²) in [7, 11) is 0. The van der Waals surface area contributed by atoms with E-state index >= 15 is 0 Å². The van der Waals surface area contributed by atoms with E-state index < -0.39 is 0 Å². The lowest BCUT2D eigenvalue weighted by atomic mass is 10.1. The van der Waals surface area contributed by atoms with Crippen molar-refractivity contribution in [3.63, 3.8) is 0 Å². The minimum absolute atomic E-state index is 0. The van der Waals surface area contributed by atoms with E-state index in [1.54, 1.807) is 4.90 Å². The van der Waals surface area contributed by atoms with Crippen LogP contribution in [0.15, 0.2) is 28.7 Å². The zero-order valence-corrected chi connectivity index (χ0v) is 16.1. The Bertz CT molecular complexity index is 628. The van der Waals surface area contributed by atoms with Crippen LogP contribution in [0.3, 0.4) is 0 Å². The molecular formula is C17H23BrClN3O2. The molecule has 3 atom stereocenters. The molecule has 0 bridgehead atoms. The molecule has 0 aromatic heterocycles. The third-order valence-electron chi connectivity index (χ3n) is 4.87. The first-order valence-electron chi connectivity index (χ1n) is 8.06. The summed E-state index contributed by atoms with van der Waals surface area (Å²) in [5.41, 5.74) is 6.58. The fourth-order valence-electron chi connectivity index (χ4n) is 3.62. The summed E-state index contributed by atoms with van der Waals surface area (Å²) in [5.74, 6) is 0.246. The van der Waals surface area contributed by atoms with Crippen LogP contribution >= 0.6 is 28.3 Å². The summed E-state index contributed by atoms with van der Waals surface area (Å²) < 4.78 is 0.927. The molecular weight excluding hydrogens is 394 g/mol. The van der Waals surface area contributed by atoms with Gasteiger partial charge in [0.05, 0.1) is 5.92 Å². The third kappa shape index (κ3) is 3.76. The fourth-order valence-corrected chi connectivity index (χ4v) is 4.01. The minimum atomic E-state index is -0.250. The predicted octanol–water partition coefficient (Wildman–Crippen LogP) is 2.42. The van der Waals surface area contributed by atoms with E-state index in [-0.39, 0.29) is 36.2 Å². The molecule has 2 fully saturated rings. The van der Waals surface area contributed by atoms with Crippen LogP contribution in [-0.4, -0.2) is 42.4 Å². The summed E-state index contributed by atoms with van der Waals surface area (Å²) in [4.78, 5) is 28.8. The van der Waals surface area contributed by atoms with Crippen molar-refractivity contribution in [3.8, 4) is 0 Å². The highest BCUT2D eigenvalue weighted by Crippen LogP contribution is 2.31. The van der Waals surface area contributed by atoms with Crippen molar-refractivity contribution in [3.05, 3.63) is 28.7 Å². The van der Waals surface area contributed by atoms with Crippen LogP contribution in [0.1, 0.15) is 19.8 Å². The van der Waals surface area contributed by atoms with Crippen LogP contribution in [0.5, 0.6) is 0 Å². The van der Waals surface area contributed by atoms with Gasteiger partial charge in [-0.05, 0) is 44.0 Å². The van der Waals surface area contributed by atoms with Crippen molar-refractivity contribution in [2.24, 2.45) is 17.6 Å². The van der Waals surface area contributed by atoms with Gasteiger partial charge in [0.15, 0.2) is 0 Å². The molecule has 0 radical (unpaired) electrons. The van der Waals surface area contributed by atoms with E-state index in [9.17, 15) is 9.59 Å². The fraction of sp³-hybridized carbons (Fsp3) is 0.529. The normalized spacial score (nSPS) is 26.6. The van der Waals surface area contributed by atoms with Gasteiger partial charge in [0.1, 0.15) is 0 Å². The molecule has 2 aliphatic rings. The molecule has 0 aliphatic carbocycles. The first-order valence-corrected chi connectivity index (χ1v) is 8.85. The molecule has 0 saturated carbocycles. The monoisotopic (exact) mass is 415 g/mol. The highest BCUT2D eigenvalue weighted by Gasteiger charge is 2.40. The Kier molecular flexibility index (Phi) is 6.28. The first-order chi connectivity index (χ1) is 11.0. The molecule has 1 aromatic carbocycles. The zero-order valence-electron chi connectivity index (χ0n) is 13.7. The van der Waals surface area contributed by atoms with Gasteiger partial charge < -0.3 is 15.5 Å². The highest BCUT2D eigenvalue weighted by atomic mass is 79.9. The second kappa shape index (κ2) is 7.85. The summed E-state index contributed by atoms with van der Waals surface area (Å²) >= 11 is 3.42. The number of nitrogens with two attached hydrogens (primary N) is 1. The lowest BCUT2D eigenvalue weighted by Gasteiger charge is -2.25. The molecule has 24 heavy (non-hydrogen) atoms. The van der Waals surface area contributed by atoms with Gasteiger partial charge >= 0.3 is 0 Å². The Morgan fingerprint density at radius 3 is 2.75 bits per heavy atom. The molecule has 5 nitrogen and oxygen atoms in total. The van der Waals surface area contributed by atoms with Gasteiger partial charge in [-0.25, -0.2) is 0 Å². The van der Waals surface area contributed by atoms with E-state index in [0.717, 1.165) is 23.1 Å². The minimum Gasteiger partial charge on any atom is -0.339 e. The van der Waals surface area contributed by atoms with E-state index in [1.165, 1.54) is 0 Å². The molecule has 2 amide bonds. The van der Waals surface area contributed by atoms with Crippen molar-refractivity contribution in [1.29, 1.82) is 0 Å². The van der Waals surface area contributed by atoms with Crippen LogP contribution in [0.2, 0.25) is 0 Å². The number of amides is 2. The van der Waals surface area contributed by atoms with E-state index in [1.807, 2.05) is 29.2 Å². The Morgan fingerprint density at radius 2 is 2.12 bits per heavy atom. The summed E-state index contributed by atoms with van der Waals surface area (Å²) in [6.45, 7) is 3.86. The summed E-state index contributed by atoms with van der Waals surface area (Å²) in [6.07, 6.45) is 1.25. The number of halogens is 2. The smallest absolute Gasteiger partial charge is 0.228 e. The number of benzene rings is 1. The molecule has 2 saturated heterocycles. The van der Waals surface area contributed by atoms with Crippen LogP contribution in [-0.2, 0) is 9.59 Å². The third-order valence-corrected chi connectivity index (χ3v) is 5.37. The molecule has 3 unspecified atom stereocenters. The quantitative estimate of drug-likeness (QED) is 0.823. The maximum absolute atomic E-state index is 12.8. The number of anilines is 1. The summed E-state index contributed by atoms with van der Waals surface area (Å²) in [6, 6.07) is 7.85. The molecule has 132 valence electrons. The molecule has 3 rings (SSSR count). The standard InChI is InChI=1S/C17H22BrN3O2.ClH/c1-11-5-12(8-19)9-20(11)17(23)13-6-16(22)21(10-13)15-4-2-3-14(18)7-15;/h2-4,7,11-13H,5-6,8-10,19H2,1H3;1H. The largest absolute Gasteiger partial charge is 0.339 e. The Hall–Kier alpha value is -1.11. The number of nitrogens with zero attached hydrogens (tertiary/aromatic N) is 2. The highest BCUT2D eigenvalue weighted by molar-refractivity contribution is 9.10. The molecule has 2 aliphatic heterocycles. The van der Waals surface area contributed by atoms with Crippen molar-refractivity contribution in [1.82, 2.24) is 4.90 Å². The lowest BCUT2D eigenvalue weighted by molar-refractivity contribution is -0.136. The Balaban J connectivity index is 0.00000208. The van der Waals surface area contributed by atoms with Gasteiger partial charge in [-0.3, -0.25) is 9.59 Å². The van der Waals surface area contributed by atoms with Crippen LogP contribution in [0.4, 0.5) is 5.69 Å². The van der Waals surface area contributed by atoms with Gasteiger partial charge in [-0.1, -0.05) is 22.0 Å². The van der Waals surface area contributed by atoms with Gasteiger partial charge in [0, 0.05) is 35.7 Å². The maximum Gasteiger partial charge on any atom is 0.228 e. The molecule has 2 heterocycles. The molecule has 2 N–H and O–H groups in total. The number of likely N-dealkylation sites (tertiary alicyclic amines) is 1. The van der Waals surface area contributed by atoms with Crippen LogP contribution in [0, 0.1) is 11.8 Å². The Labute approximate surface area is 157 Å². The van der Waals surface area contributed by atoms with E-state index in [0.29, 0.717) is 25.4 Å². The predicted molar refractivity (Wildman–Crippen MR) is 100 cm³/mol. The average Bonchev–Trinajstić information content (AvgIpc) is 3.09. The zero-order chi connectivity index (χ0) is 16.6. The second-order valence-electron chi connectivity index (χ2n) is 6.56. The van der Waals surface area contributed by atoms with Crippen molar-refractivity contribution in [2.45, 2.75) is 25.8 Å². The van der Waals surface area contributed by atoms with Crippen molar-refractivity contribution >= 4 is 45.8 Å². The average molecular weight is 417 g/mol. The Morgan fingerprint density at radius 1 is 1.38 bits per heavy atom. The van der Waals surface area contributed by atoms with E-state index in [4.69, 9.17) is 5.73 Å². The van der Waals surface area contributed by atoms with Crippen molar-refractivity contribution in [2.75, 3.05) is 24.5 Å². The lowest BCUT2D eigenvalue weighted by Crippen LogP contribution is -2.39. The molecule has 0 spiro atoms. The first kappa shape index (κ1) is 19.2. The number of hydrogen-bond acceptors (Lipinski definition) is 3. The topological polar surface area (TPSA) is 66.6 Å². The number of rotatable bonds is 3. The van der Waals surface area contributed by atoms with Gasteiger partial charge in [0.2, 0.25) is 11.8 Å². The van der Waals surface area contributed by atoms with E-state index in [2.05, 4.69) is 22.9 Å². The number of carbonyl (C=O) groups excluding carboxylic acids is 2. The molecule has 1 aromatic rings.